The van der Waals surface area contributed by atoms with E-state index in [0.29, 0.717) is 13.0 Å². The van der Waals surface area contributed by atoms with E-state index < -0.39 is 36.0 Å². The third kappa shape index (κ3) is 7.48. The summed E-state index contributed by atoms with van der Waals surface area (Å²) in [5.74, 6) is -2.06. The van der Waals surface area contributed by atoms with Gasteiger partial charge in [0.05, 0.1) is 12.5 Å². The van der Waals surface area contributed by atoms with E-state index in [2.05, 4.69) is 20.8 Å². The van der Waals surface area contributed by atoms with E-state index in [9.17, 15) is 14.4 Å². The van der Waals surface area contributed by atoms with E-state index in [4.69, 9.17) is 26.8 Å². The van der Waals surface area contributed by atoms with Crippen LogP contribution in [0.25, 0.3) is 0 Å². The summed E-state index contributed by atoms with van der Waals surface area (Å²) >= 11 is 0. The number of aliphatic carboxylic acids is 1. The molecule has 1 rings (SSSR count). The van der Waals surface area contributed by atoms with Gasteiger partial charge in [-0.2, -0.15) is 4.98 Å². The highest BCUT2D eigenvalue weighted by Crippen LogP contribution is 2.19. The van der Waals surface area contributed by atoms with E-state index in [1.807, 2.05) is 0 Å². The molecule has 0 aliphatic carbocycles. The lowest BCUT2D eigenvalue weighted by atomic mass is 10.1. The first-order chi connectivity index (χ1) is 13.1. The van der Waals surface area contributed by atoms with Crippen LogP contribution in [-0.4, -0.2) is 45.7 Å². The highest BCUT2D eigenvalue weighted by atomic mass is 16.5. The second kappa shape index (κ2) is 11.2. The van der Waals surface area contributed by atoms with Crippen molar-refractivity contribution in [3.05, 3.63) is 11.7 Å². The summed E-state index contributed by atoms with van der Waals surface area (Å²) in [6.07, 6.45) is 1.89. The molecule has 0 fully saturated rings. The lowest BCUT2D eigenvalue weighted by molar-refractivity contribution is -0.140. The highest BCUT2D eigenvalue weighted by Gasteiger charge is 2.28. The molecular formula is C16H29N7O5. The average Bonchev–Trinajstić information content (AvgIpc) is 3.08. The standard InChI is InChI=1S/C16H29N7O5/c1-8(2)12(15(25)26)21-16(27)20-10(7-11(19)24)14-22-13(23-28-14)9(18)5-3-4-6-17/h8-10,12H,3-7,17-18H2,1-2H3,(H2,19,24)(H,25,26)(H2,20,21,27)/t9-,10+,12-/m0/s1. The smallest absolute Gasteiger partial charge is 0.326 e. The van der Waals surface area contributed by atoms with Crippen LogP contribution in [0, 0.1) is 5.92 Å². The molecule has 0 aliphatic rings. The third-order valence-electron chi connectivity index (χ3n) is 3.99. The van der Waals surface area contributed by atoms with Crippen molar-refractivity contribution in [1.29, 1.82) is 0 Å². The average molecular weight is 399 g/mol. The molecule has 1 heterocycles. The molecule has 12 nitrogen and oxygen atoms in total. The Morgan fingerprint density at radius 2 is 1.89 bits per heavy atom. The Hall–Kier alpha value is -2.73. The summed E-state index contributed by atoms with van der Waals surface area (Å²) in [5, 5.41) is 17.7. The van der Waals surface area contributed by atoms with Crippen molar-refractivity contribution in [3.8, 4) is 0 Å². The van der Waals surface area contributed by atoms with Gasteiger partial charge in [-0.15, -0.1) is 0 Å². The van der Waals surface area contributed by atoms with Crippen LogP contribution in [0.15, 0.2) is 4.52 Å². The van der Waals surface area contributed by atoms with Gasteiger partial charge in [-0.1, -0.05) is 25.4 Å². The zero-order chi connectivity index (χ0) is 21.3. The lowest BCUT2D eigenvalue weighted by Crippen LogP contribution is -2.49. The first kappa shape index (κ1) is 23.3. The largest absolute Gasteiger partial charge is 0.480 e. The summed E-state index contributed by atoms with van der Waals surface area (Å²) in [6, 6.07) is -3.41. The zero-order valence-electron chi connectivity index (χ0n) is 16.1. The number of rotatable bonds is 12. The molecule has 12 heteroatoms. The minimum absolute atomic E-state index is 0.0466. The van der Waals surface area contributed by atoms with E-state index in [1.54, 1.807) is 13.8 Å². The van der Waals surface area contributed by atoms with E-state index >= 15 is 0 Å². The van der Waals surface area contributed by atoms with Gasteiger partial charge in [0, 0.05) is 0 Å². The Kier molecular flexibility index (Phi) is 9.32. The Morgan fingerprint density at radius 1 is 1.21 bits per heavy atom. The molecule has 3 amide bonds. The summed E-state index contributed by atoms with van der Waals surface area (Å²) in [6.45, 7) is 3.85. The number of carbonyl (C=O) groups is 3. The number of hydrogen-bond donors (Lipinski definition) is 6. The number of amides is 3. The number of primary amides is 1. The number of hydrogen-bond acceptors (Lipinski definition) is 8. The van der Waals surface area contributed by atoms with Crippen LogP contribution in [0.3, 0.4) is 0 Å². The SMILES string of the molecule is CC(C)[C@H](NC(=O)N[C@H](CC(N)=O)c1nc([C@@H](N)CCCCN)no1)C(=O)O. The molecule has 3 atom stereocenters. The van der Waals surface area contributed by atoms with Crippen LogP contribution in [0.2, 0.25) is 0 Å². The molecule has 0 aromatic carbocycles. The van der Waals surface area contributed by atoms with E-state index in [0.717, 1.165) is 12.8 Å². The van der Waals surface area contributed by atoms with Crippen molar-refractivity contribution in [2.75, 3.05) is 6.54 Å². The topological polar surface area (TPSA) is 212 Å². The Labute approximate surface area is 162 Å². The van der Waals surface area contributed by atoms with Gasteiger partial charge in [0.1, 0.15) is 12.1 Å². The summed E-state index contributed by atoms with van der Waals surface area (Å²) < 4.78 is 5.12. The second-order valence-corrected chi connectivity index (χ2v) is 6.78. The minimum Gasteiger partial charge on any atom is -0.480 e. The van der Waals surface area contributed by atoms with Crippen molar-refractivity contribution in [2.45, 2.75) is 57.7 Å². The lowest BCUT2D eigenvalue weighted by Gasteiger charge is -2.20. The first-order valence-corrected chi connectivity index (χ1v) is 9.03. The van der Waals surface area contributed by atoms with Gasteiger partial charge < -0.3 is 37.5 Å². The predicted molar refractivity (Wildman–Crippen MR) is 98.6 cm³/mol. The zero-order valence-corrected chi connectivity index (χ0v) is 16.1. The van der Waals surface area contributed by atoms with Crippen LogP contribution >= 0.6 is 0 Å². The molecule has 0 unspecified atom stereocenters. The van der Waals surface area contributed by atoms with Crippen molar-refractivity contribution in [1.82, 2.24) is 20.8 Å². The molecule has 0 spiro atoms. The van der Waals surface area contributed by atoms with Gasteiger partial charge in [0.2, 0.25) is 11.8 Å². The summed E-state index contributed by atoms with van der Waals surface area (Å²) in [5.41, 5.74) is 16.7. The van der Waals surface area contributed by atoms with Crippen LogP contribution in [-0.2, 0) is 9.59 Å². The fourth-order valence-corrected chi connectivity index (χ4v) is 2.43. The maximum Gasteiger partial charge on any atom is 0.326 e. The number of carboxylic acids is 1. The molecule has 0 radical (unpaired) electrons. The number of aromatic nitrogens is 2. The molecule has 0 aliphatic heterocycles. The van der Waals surface area contributed by atoms with Crippen LogP contribution in [0.1, 0.15) is 63.3 Å². The van der Waals surface area contributed by atoms with E-state index in [1.165, 1.54) is 0 Å². The van der Waals surface area contributed by atoms with Gasteiger partial charge >= 0.3 is 12.0 Å². The normalized spacial score (nSPS) is 14.3. The van der Waals surface area contributed by atoms with Crippen molar-refractivity contribution >= 4 is 17.9 Å². The Morgan fingerprint density at radius 3 is 2.43 bits per heavy atom. The molecule has 0 saturated heterocycles. The fraction of sp³-hybridized carbons (Fsp3) is 0.688. The maximum absolute atomic E-state index is 12.2. The van der Waals surface area contributed by atoms with Crippen molar-refractivity contribution in [3.63, 3.8) is 0 Å². The molecule has 9 N–H and O–H groups in total. The molecule has 0 bridgehead atoms. The number of carbonyl (C=O) groups excluding carboxylic acids is 2. The Balaban J connectivity index is 2.84. The van der Waals surface area contributed by atoms with Crippen molar-refractivity contribution < 1.29 is 24.0 Å². The molecule has 28 heavy (non-hydrogen) atoms. The maximum atomic E-state index is 12.2. The quantitative estimate of drug-likeness (QED) is 0.250. The monoisotopic (exact) mass is 399 g/mol. The minimum atomic E-state index is -1.18. The number of carboxylic acid groups (broad SMARTS) is 1. The number of nitrogens with zero attached hydrogens (tertiary/aromatic N) is 2. The van der Waals surface area contributed by atoms with Crippen LogP contribution in [0.4, 0.5) is 4.79 Å². The number of urea groups is 1. The van der Waals surface area contributed by atoms with Gasteiger partial charge in [-0.3, -0.25) is 4.79 Å². The summed E-state index contributed by atoms with van der Waals surface area (Å²) in [7, 11) is 0. The predicted octanol–water partition coefficient (Wildman–Crippen LogP) is -0.477. The Bertz CT molecular complexity index is 664. The first-order valence-electron chi connectivity index (χ1n) is 9.03. The highest BCUT2D eigenvalue weighted by molar-refractivity contribution is 5.83. The van der Waals surface area contributed by atoms with Crippen LogP contribution < -0.4 is 27.8 Å². The second-order valence-electron chi connectivity index (χ2n) is 6.78. The molecule has 1 aromatic rings. The van der Waals surface area contributed by atoms with Crippen LogP contribution in [0.5, 0.6) is 0 Å². The number of nitrogens with one attached hydrogen (secondary N) is 2. The molecular weight excluding hydrogens is 370 g/mol. The number of unbranched alkanes of at least 4 members (excludes halogenated alkanes) is 1. The van der Waals surface area contributed by atoms with Gasteiger partial charge in [-0.05, 0) is 25.3 Å². The fourth-order valence-electron chi connectivity index (χ4n) is 2.43. The third-order valence-corrected chi connectivity index (χ3v) is 3.99. The van der Waals surface area contributed by atoms with Gasteiger partial charge in [0.25, 0.3) is 0 Å². The summed E-state index contributed by atoms with van der Waals surface area (Å²) in [4.78, 5) is 38.9. The van der Waals surface area contributed by atoms with Gasteiger partial charge in [0.15, 0.2) is 5.82 Å². The number of nitrogens with two attached hydrogens (primary N) is 3. The molecule has 0 saturated carbocycles. The van der Waals surface area contributed by atoms with Crippen molar-refractivity contribution in [2.24, 2.45) is 23.1 Å². The molecule has 1 aromatic heterocycles. The molecule has 158 valence electrons. The van der Waals surface area contributed by atoms with Gasteiger partial charge in [-0.25, -0.2) is 9.59 Å². The van der Waals surface area contributed by atoms with E-state index in [-0.39, 0.29) is 24.1 Å².